The quantitative estimate of drug-likeness (QED) is 0.693. The molecule has 3 amide bonds. The highest BCUT2D eigenvalue weighted by Gasteiger charge is 2.23. The fourth-order valence-electron chi connectivity index (χ4n) is 1.90. The smallest absolute Gasteiger partial charge is 0.251 e. The second kappa shape index (κ2) is 8.81. The van der Waals surface area contributed by atoms with E-state index in [1.165, 1.54) is 0 Å². The zero-order chi connectivity index (χ0) is 16.5. The number of nitrogens with one attached hydrogen (secondary N) is 3. The van der Waals surface area contributed by atoms with Crippen LogP contribution in [0.25, 0.3) is 0 Å². The minimum atomic E-state index is -0.610. The van der Waals surface area contributed by atoms with Crippen molar-refractivity contribution in [2.45, 2.75) is 26.8 Å². The van der Waals surface area contributed by atoms with E-state index in [1.54, 1.807) is 24.3 Å². The Morgan fingerprint density at radius 1 is 1.05 bits per heavy atom. The highest BCUT2D eigenvalue weighted by atomic mass is 16.2. The predicted octanol–water partition coefficient (Wildman–Crippen LogP) is 0.693. The Morgan fingerprint density at radius 3 is 2.23 bits per heavy atom. The minimum Gasteiger partial charge on any atom is -0.355 e. The molecule has 0 saturated heterocycles. The molecular weight excluding hydrogens is 282 g/mol. The van der Waals surface area contributed by atoms with E-state index in [9.17, 15) is 14.4 Å². The standard InChI is InChI=1S/C16H23N3O3/c1-4-17-16(22)14(11(2)3)19-13(20)10-18-15(21)12-8-6-5-7-9-12/h5-9,11,14H,4,10H2,1-3H3,(H,17,22)(H,18,21)(H,19,20)/t14-/m0/s1. The molecule has 3 N–H and O–H groups in total. The molecule has 1 atom stereocenters. The molecule has 0 aliphatic carbocycles. The van der Waals surface area contributed by atoms with Crippen molar-refractivity contribution in [2.75, 3.05) is 13.1 Å². The van der Waals surface area contributed by atoms with Crippen LogP contribution in [-0.4, -0.2) is 36.9 Å². The topological polar surface area (TPSA) is 87.3 Å². The number of amides is 3. The van der Waals surface area contributed by atoms with Gasteiger partial charge in [0, 0.05) is 12.1 Å². The zero-order valence-electron chi connectivity index (χ0n) is 13.2. The molecule has 1 aromatic carbocycles. The summed E-state index contributed by atoms with van der Waals surface area (Å²) in [4.78, 5) is 35.6. The van der Waals surface area contributed by atoms with Crippen LogP contribution < -0.4 is 16.0 Å². The van der Waals surface area contributed by atoms with E-state index in [4.69, 9.17) is 0 Å². The lowest BCUT2D eigenvalue weighted by atomic mass is 10.0. The molecule has 1 aromatic rings. The van der Waals surface area contributed by atoms with Gasteiger partial charge in [-0.15, -0.1) is 0 Å². The summed E-state index contributed by atoms with van der Waals surface area (Å²) in [6.45, 7) is 5.85. The molecule has 0 aliphatic heterocycles. The van der Waals surface area contributed by atoms with E-state index in [0.717, 1.165) is 0 Å². The Hall–Kier alpha value is -2.37. The number of hydrogen-bond donors (Lipinski definition) is 3. The molecule has 0 fully saturated rings. The lowest BCUT2D eigenvalue weighted by Gasteiger charge is -2.21. The molecule has 0 radical (unpaired) electrons. The van der Waals surface area contributed by atoms with Gasteiger partial charge in [0.05, 0.1) is 6.54 Å². The Kier molecular flexibility index (Phi) is 7.08. The van der Waals surface area contributed by atoms with Crippen LogP contribution in [0.4, 0.5) is 0 Å². The summed E-state index contributed by atoms with van der Waals surface area (Å²) in [6, 6.07) is 8.03. The second-order valence-electron chi connectivity index (χ2n) is 5.23. The van der Waals surface area contributed by atoms with Gasteiger partial charge in [0.15, 0.2) is 0 Å². The van der Waals surface area contributed by atoms with Gasteiger partial charge < -0.3 is 16.0 Å². The van der Waals surface area contributed by atoms with Crippen LogP contribution in [0.15, 0.2) is 30.3 Å². The summed E-state index contributed by atoms with van der Waals surface area (Å²) in [5.74, 6) is -0.982. The summed E-state index contributed by atoms with van der Waals surface area (Å²) in [5, 5.41) is 7.86. The molecule has 0 heterocycles. The number of carbonyl (C=O) groups is 3. The summed E-state index contributed by atoms with van der Waals surface area (Å²) >= 11 is 0. The van der Waals surface area contributed by atoms with E-state index < -0.39 is 11.9 Å². The first-order valence-corrected chi connectivity index (χ1v) is 7.36. The van der Waals surface area contributed by atoms with Crippen LogP contribution in [0.2, 0.25) is 0 Å². The Balaban J connectivity index is 2.50. The van der Waals surface area contributed by atoms with Crippen molar-refractivity contribution < 1.29 is 14.4 Å². The van der Waals surface area contributed by atoms with E-state index in [-0.39, 0.29) is 24.3 Å². The van der Waals surface area contributed by atoms with Crippen LogP contribution >= 0.6 is 0 Å². The number of hydrogen-bond acceptors (Lipinski definition) is 3. The van der Waals surface area contributed by atoms with Crippen molar-refractivity contribution in [1.29, 1.82) is 0 Å². The van der Waals surface area contributed by atoms with Gasteiger partial charge in [-0.05, 0) is 25.0 Å². The van der Waals surface area contributed by atoms with Gasteiger partial charge in [-0.1, -0.05) is 32.0 Å². The fraction of sp³-hybridized carbons (Fsp3) is 0.438. The molecule has 0 saturated carbocycles. The van der Waals surface area contributed by atoms with Crippen molar-refractivity contribution in [2.24, 2.45) is 5.92 Å². The normalized spacial score (nSPS) is 11.6. The lowest BCUT2D eigenvalue weighted by molar-refractivity contribution is -0.129. The third-order valence-electron chi connectivity index (χ3n) is 3.06. The van der Waals surface area contributed by atoms with Gasteiger partial charge in [0.2, 0.25) is 11.8 Å². The zero-order valence-corrected chi connectivity index (χ0v) is 13.2. The Labute approximate surface area is 130 Å². The largest absolute Gasteiger partial charge is 0.355 e. The average Bonchev–Trinajstić information content (AvgIpc) is 2.51. The highest BCUT2D eigenvalue weighted by Crippen LogP contribution is 2.02. The maximum atomic E-state index is 11.9. The summed E-state index contributed by atoms with van der Waals surface area (Å²) in [6.07, 6.45) is 0. The van der Waals surface area contributed by atoms with E-state index in [0.29, 0.717) is 12.1 Å². The number of benzene rings is 1. The monoisotopic (exact) mass is 305 g/mol. The molecular formula is C16H23N3O3. The SMILES string of the molecule is CCNC(=O)[C@@H](NC(=O)CNC(=O)c1ccccc1)C(C)C. The van der Waals surface area contributed by atoms with Crippen molar-refractivity contribution in [3.05, 3.63) is 35.9 Å². The molecule has 0 bridgehead atoms. The lowest BCUT2D eigenvalue weighted by Crippen LogP contribution is -2.51. The number of carbonyl (C=O) groups excluding carboxylic acids is 3. The van der Waals surface area contributed by atoms with Gasteiger partial charge in [0.1, 0.15) is 6.04 Å². The molecule has 1 rings (SSSR count). The first-order valence-electron chi connectivity index (χ1n) is 7.36. The van der Waals surface area contributed by atoms with Crippen molar-refractivity contribution in [3.8, 4) is 0 Å². The first-order chi connectivity index (χ1) is 10.5. The van der Waals surface area contributed by atoms with E-state index in [1.807, 2.05) is 26.8 Å². The number of likely N-dealkylation sites (N-methyl/N-ethyl adjacent to an activating group) is 1. The maximum Gasteiger partial charge on any atom is 0.251 e. The van der Waals surface area contributed by atoms with Gasteiger partial charge in [-0.25, -0.2) is 0 Å². The van der Waals surface area contributed by atoms with Crippen molar-refractivity contribution in [3.63, 3.8) is 0 Å². The fourth-order valence-corrected chi connectivity index (χ4v) is 1.90. The van der Waals surface area contributed by atoms with Gasteiger partial charge in [-0.3, -0.25) is 14.4 Å². The van der Waals surface area contributed by atoms with Crippen LogP contribution in [0.1, 0.15) is 31.1 Å². The minimum absolute atomic E-state index is 0.0414. The van der Waals surface area contributed by atoms with Gasteiger partial charge in [-0.2, -0.15) is 0 Å². The van der Waals surface area contributed by atoms with Gasteiger partial charge >= 0.3 is 0 Å². The van der Waals surface area contributed by atoms with Crippen LogP contribution in [0.3, 0.4) is 0 Å². The maximum absolute atomic E-state index is 11.9. The molecule has 22 heavy (non-hydrogen) atoms. The van der Waals surface area contributed by atoms with Crippen LogP contribution in [0, 0.1) is 5.92 Å². The molecule has 0 aromatic heterocycles. The van der Waals surface area contributed by atoms with E-state index in [2.05, 4.69) is 16.0 Å². The average molecular weight is 305 g/mol. The van der Waals surface area contributed by atoms with Crippen LogP contribution in [0.5, 0.6) is 0 Å². The van der Waals surface area contributed by atoms with Crippen molar-refractivity contribution in [1.82, 2.24) is 16.0 Å². The molecule has 6 heteroatoms. The Bertz CT molecular complexity index is 515. The summed E-state index contributed by atoms with van der Waals surface area (Å²) in [7, 11) is 0. The third-order valence-corrected chi connectivity index (χ3v) is 3.06. The Morgan fingerprint density at radius 2 is 1.68 bits per heavy atom. The predicted molar refractivity (Wildman–Crippen MR) is 84.2 cm³/mol. The summed E-state index contributed by atoms with van der Waals surface area (Å²) < 4.78 is 0. The molecule has 120 valence electrons. The van der Waals surface area contributed by atoms with Crippen molar-refractivity contribution >= 4 is 17.7 Å². The molecule has 6 nitrogen and oxygen atoms in total. The summed E-state index contributed by atoms with van der Waals surface area (Å²) in [5.41, 5.74) is 0.486. The first kappa shape index (κ1) is 17.7. The number of rotatable bonds is 7. The second-order valence-corrected chi connectivity index (χ2v) is 5.23. The third kappa shape index (κ3) is 5.55. The molecule has 0 unspecified atom stereocenters. The van der Waals surface area contributed by atoms with E-state index >= 15 is 0 Å². The molecule has 0 aliphatic rings. The highest BCUT2D eigenvalue weighted by molar-refractivity contribution is 5.97. The van der Waals surface area contributed by atoms with Crippen LogP contribution in [-0.2, 0) is 9.59 Å². The van der Waals surface area contributed by atoms with Gasteiger partial charge in [0.25, 0.3) is 5.91 Å². The molecule has 0 spiro atoms.